The van der Waals surface area contributed by atoms with Crippen LogP contribution in [0, 0.1) is 0 Å². The first-order valence-corrected chi connectivity index (χ1v) is 7.25. The fourth-order valence-corrected chi connectivity index (χ4v) is 3.10. The number of nitrogens with one attached hydrogen (secondary N) is 1. The van der Waals surface area contributed by atoms with Crippen LogP contribution in [0.25, 0.3) is 0 Å². The highest BCUT2D eigenvalue weighted by molar-refractivity contribution is 6.35. The molecule has 1 aliphatic rings. The molecular formula is C14H16Cl2N2O2. The standard InChI is InChI=1S/C14H16Cl2N2O2/c1-3-12-14(20)17-7-13(19)18(12)8(2)10-5-4-9(15)6-11(10)16/h4-6,8,12H,3,7H2,1-2H3,(H,17,20). The minimum Gasteiger partial charge on any atom is -0.345 e. The van der Waals surface area contributed by atoms with E-state index in [1.807, 2.05) is 13.8 Å². The summed E-state index contributed by atoms with van der Waals surface area (Å²) in [7, 11) is 0. The third kappa shape index (κ3) is 2.76. The van der Waals surface area contributed by atoms with Crippen molar-refractivity contribution in [1.82, 2.24) is 10.2 Å². The zero-order valence-electron chi connectivity index (χ0n) is 11.3. The summed E-state index contributed by atoms with van der Waals surface area (Å²) in [6, 6.07) is 4.43. The molecule has 1 aliphatic heterocycles. The summed E-state index contributed by atoms with van der Waals surface area (Å²) in [4.78, 5) is 25.6. The molecule has 2 atom stereocenters. The summed E-state index contributed by atoms with van der Waals surface area (Å²) < 4.78 is 0. The molecule has 2 unspecified atom stereocenters. The largest absolute Gasteiger partial charge is 0.345 e. The molecule has 1 aromatic carbocycles. The predicted octanol–water partition coefficient (Wildman–Crippen LogP) is 2.79. The lowest BCUT2D eigenvalue weighted by molar-refractivity contribution is -0.148. The van der Waals surface area contributed by atoms with Crippen LogP contribution >= 0.6 is 23.2 Å². The van der Waals surface area contributed by atoms with Crippen molar-refractivity contribution >= 4 is 35.0 Å². The number of rotatable bonds is 3. The molecule has 1 aromatic rings. The molecule has 20 heavy (non-hydrogen) atoms. The predicted molar refractivity (Wildman–Crippen MR) is 78.8 cm³/mol. The second-order valence-electron chi connectivity index (χ2n) is 4.78. The van der Waals surface area contributed by atoms with Crippen LogP contribution in [0.2, 0.25) is 10.0 Å². The number of carbonyl (C=O) groups excluding carboxylic acids is 2. The summed E-state index contributed by atoms with van der Waals surface area (Å²) in [5.41, 5.74) is 0.789. The van der Waals surface area contributed by atoms with Crippen molar-refractivity contribution in [2.45, 2.75) is 32.4 Å². The van der Waals surface area contributed by atoms with E-state index in [0.717, 1.165) is 5.56 Å². The van der Waals surface area contributed by atoms with Crippen molar-refractivity contribution in [3.8, 4) is 0 Å². The average Bonchev–Trinajstić information content (AvgIpc) is 2.40. The van der Waals surface area contributed by atoms with E-state index in [1.54, 1.807) is 23.1 Å². The lowest BCUT2D eigenvalue weighted by Gasteiger charge is -2.39. The van der Waals surface area contributed by atoms with Crippen molar-refractivity contribution in [2.24, 2.45) is 0 Å². The van der Waals surface area contributed by atoms with Crippen LogP contribution in [-0.2, 0) is 9.59 Å². The SMILES string of the molecule is CCC1C(=O)NCC(=O)N1C(C)c1ccc(Cl)cc1Cl. The first kappa shape index (κ1) is 15.1. The maximum absolute atomic E-state index is 12.1. The molecule has 0 radical (unpaired) electrons. The number of piperazine rings is 1. The Labute approximate surface area is 128 Å². The summed E-state index contributed by atoms with van der Waals surface area (Å²) >= 11 is 12.1. The zero-order chi connectivity index (χ0) is 14.9. The van der Waals surface area contributed by atoms with Gasteiger partial charge in [0.2, 0.25) is 11.8 Å². The molecule has 1 N–H and O–H groups in total. The Hall–Kier alpha value is -1.26. The molecule has 1 heterocycles. The minimum absolute atomic E-state index is 0.0326. The monoisotopic (exact) mass is 314 g/mol. The molecule has 0 saturated carbocycles. The van der Waals surface area contributed by atoms with Gasteiger partial charge in [-0.25, -0.2) is 0 Å². The van der Waals surface area contributed by atoms with E-state index in [9.17, 15) is 9.59 Å². The fourth-order valence-electron chi connectivity index (χ4n) is 2.53. The van der Waals surface area contributed by atoms with Crippen LogP contribution in [0.3, 0.4) is 0 Å². The smallest absolute Gasteiger partial charge is 0.243 e. The van der Waals surface area contributed by atoms with Gasteiger partial charge in [0.25, 0.3) is 0 Å². The Kier molecular flexibility index (Phi) is 4.55. The van der Waals surface area contributed by atoms with Gasteiger partial charge in [0.1, 0.15) is 6.04 Å². The van der Waals surface area contributed by atoms with Gasteiger partial charge >= 0.3 is 0 Å². The lowest BCUT2D eigenvalue weighted by atomic mass is 10.0. The Morgan fingerprint density at radius 2 is 2.10 bits per heavy atom. The van der Waals surface area contributed by atoms with Crippen molar-refractivity contribution in [3.05, 3.63) is 33.8 Å². The van der Waals surface area contributed by atoms with Gasteiger partial charge in [0, 0.05) is 10.0 Å². The van der Waals surface area contributed by atoms with Gasteiger partial charge in [-0.2, -0.15) is 0 Å². The Balaban J connectivity index is 2.36. The van der Waals surface area contributed by atoms with Crippen molar-refractivity contribution in [2.75, 3.05) is 6.54 Å². The van der Waals surface area contributed by atoms with Crippen molar-refractivity contribution in [3.63, 3.8) is 0 Å². The normalized spacial score (nSPS) is 20.8. The van der Waals surface area contributed by atoms with Gasteiger partial charge in [0.05, 0.1) is 12.6 Å². The van der Waals surface area contributed by atoms with E-state index in [0.29, 0.717) is 16.5 Å². The highest BCUT2D eigenvalue weighted by Crippen LogP contribution is 2.32. The van der Waals surface area contributed by atoms with Crippen LogP contribution in [0.4, 0.5) is 0 Å². The average molecular weight is 315 g/mol. The van der Waals surface area contributed by atoms with Gasteiger partial charge in [-0.1, -0.05) is 36.2 Å². The quantitative estimate of drug-likeness (QED) is 0.932. The number of benzene rings is 1. The van der Waals surface area contributed by atoms with Crippen molar-refractivity contribution in [1.29, 1.82) is 0 Å². The third-order valence-corrected chi connectivity index (χ3v) is 4.12. The van der Waals surface area contributed by atoms with E-state index in [2.05, 4.69) is 5.32 Å². The minimum atomic E-state index is -0.460. The number of hydrogen-bond donors (Lipinski definition) is 1. The summed E-state index contributed by atoms with van der Waals surface area (Å²) in [6.45, 7) is 3.78. The second-order valence-corrected chi connectivity index (χ2v) is 5.63. The highest BCUT2D eigenvalue weighted by Gasteiger charge is 2.37. The lowest BCUT2D eigenvalue weighted by Crippen LogP contribution is -2.58. The van der Waals surface area contributed by atoms with Crippen LogP contribution < -0.4 is 5.32 Å². The first-order valence-electron chi connectivity index (χ1n) is 6.49. The molecule has 1 saturated heterocycles. The summed E-state index contributed by atoms with van der Waals surface area (Å²) in [5.74, 6) is -0.223. The fraction of sp³-hybridized carbons (Fsp3) is 0.429. The Bertz CT molecular complexity index is 548. The molecule has 0 spiro atoms. The highest BCUT2D eigenvalue weighted by atomic mass is 35.5. The van der Waals surface area contributed by atoms with Crippen LogP contribution in [-0.4, -0.2) is 29.3 Å². The van der Waals surface area contributed by atoms with Gasteiger partial charge in [-0.3, -0.25) is 9.59 Å². The molecule has 1 fully saturated rings. The maximum atomic E-state index is 12.1. The molecule has 2 rings (SSSR count). The number of carbonyl (C=O) groups is 2. The Morgan fingerprint density at radius 1 is 1.40 bits per heavy atom. The number of halogens is 2. The summed E-state index contributed by atoms with van der Waals surface area (Å²) in [5, 5.41) is 3.65. The maximum Gasteiger partial charge on any atom is 0.243 e. The molecule has 0 aromatic heterocycles. The molecule has 4 nitrogen and oxygen atoms in total. The van der Waals surface area contributed by atoms with Gasteiger partial charge in [-0.15, -0.1) is 0 Å². The van der Waals surface area contributed by atoms with E-state index in [-0.39, 0.29) is 24.4 Å². The van der Waals surface area contributed by atoms with Crippen molar-refractivity contribution < 1.29 is 9.59 Å². The topological polar surface area (TPSA) is 49.4 Å². The second kappa shape index (κ2) is 6.02. The van der Waals surface area contributed by atoms with Gasteiger partial charge in [0.15, 0.2) is 0 Å². The zero-order valence-corrected chi connectivity index (χ0v) is 12.8. The molecule has 108 valence electrons. The number of hydrogen-bond acceptors (Lipinski definition) is 2. The molecule has 0 aliphatic carbocycles. The van der Waals surface area contributed by atoms with E-state index < -0.39 is 6.04 Å². The molecule has 0 bridgehead atoms. The van der Waals surface area contributed by atoms with E-state index in [4.69, 9.17) is 23.2 Å². The van der Waals surface area contributed by atoms with Gasteiger partial charge < -0.3 is 10.2 Å². The van der Waals surface area contributed by atoms with Crippen LogP contribution in [0.5, 0.6) is 0 Å². The van der Waals surface area contributed by atoms with E-state index >= 15 is 0 Å². The number of amides is 2. The first-order chi connectivity index (χ1) is 9.45. The van der Waals surface area contributed by atoms with Crippen LogP contribution in [0.1, 0.15) is 31.9 Å². The molecule has 2 amide bonds. The van der Waals surface area contributed by atoms with E-state index in [1.165, 1.54) is 0 Å². The van der Waals surface area contributed by atoms with Crippen LogP contribution in [0.15, 0.2) is 18.2 Å². The Morgan fingerprint density at radius 3 is 2.70 bits per heavy atom. The summed E-state index contributed by atoms with van der Waals surface area (Å²) in [6.07, 6.45) is 0.563. The third-order valence-electron chi connectivity index (χ3n) is 3.56. The number of nitrogens with zero attached hydrogens (tertiary/aromatic N) is 1. The molecule has 6 heteroatoms. The van der Waals surface area contributed by atoms with Gasteiger partial charge in [-0.05, 0) is 31.0 Å². The molecular weight excluding hydrogens is 299 g/mol.